The molecule has 2 fully saturated rings. The highest BCUT2D eigenvalue weighted by Gasteiger charge is 2.33. The van der Waals surface area contributed by atoms with E-state index < -0.39 is 0 Å². The van der Waals surface area contributed by atoms with E-state index >= 15 is 0 Å². The summed E-state index contributed by atoms with van der Waals surface area (Å²) in [5.41, 5.74) is 3.04. The smallest absolute Gasteiger partial charge is 0.0253 e. The minimum Gasteiger partial charge on any atom is -0.311 e. The van der Waals surface area contributed by atoms with Gasteiger partial charge in [0.2, 0.25) is 0 Å². The van der Waals surface area contributed by atoms with Gasteiger partial charge < -0.3 is 5.32 Å². The molecule has 1 saturated carbocycles. The molecule has 0 aromatic rings. The van der Waals surface area contributed by atoms with Crippen molar-refractivity contribution < 1.29 is 0 Å². The predicted molar refractivity (Wildman–Crippen MR) is 83.6 cm³/mol. The van der Waals surface area contributed by atoms with Crippen LogP contribution < -0.4 is 5.32 Å². The van der Waals surface area contributed by atoms with Crippen molar-refractivity contribution in [3.63, 3.8) is 0 Å². The summed E-state index contributed by atoms with van der Waals surface area (Å²) in [6, 6.07) is 1.37. The van der Waals surface area contributed by atoms with Crippen molar-refractivity contribution in [2.24, 2.45) is 5.92 Å². The molecule has 0 amide bonds. The second kappa shape index (κ2) is 7.66. The van der Waals surface area contributed by atoms with Crippen molar-refractivity contribution in [3.05, 3.63) is 11.1 Å². The fraction of sp³-hybridized carbons (Fsp3) is 0.875. The molecule has 1 N–H and O–H groups in total. The van der Waals surface area contributed by atoms with Crippen LogP contribution in [0.15, 0.2) is 11.1 Å². The summed E-state index contributed by atoms with van der Waals surface area (Å²) in [4.78, 5) is 2.69. The Kier molecular flexibility index (Phi) is 6.18. The predicted octanol–water partition coefficient (Wildman–Crippen LogP) is 3.76. The van der Waals surface area contributed by atoms with Gasteiger partial charge in [0.05, 0.1) is 0 Å². The molecule has 0 spiro atoms. The molecular weight excluding hydrogens is 256 g/mol. The largest absolute Gasteiger partial charge is 0.311 e. The molecule has 0 bridgehead atoms. The molecule has 0 aromatic carbocycles. The zero-order valence-corrected chi connectivity index (χ0v) is 13.3. The molecule has 2 nitrogen and oxygen atoms in total. The van der Waals surface area contributed by atoms with Crippen LogP contribution in [0.4, 0.5) is 0 Å². The first-order valence-corrected chi connectivity index (χ1v) is 8.41. The van der Waals surface area contributed by atoms with Crippen molar-refractivity contribution in [2.75, 3.05) is 19.6 Å². The fourth-order valence-electron chi connectivity index (χ4n) is 3.69. The van der Waals surface area contributed by atoms with Crippen molar-refractivity contribution in [1.82, 2.24) is 10.2 Å². The Morgan fingerprint density at radius 1 is 1.32 bits per heavy atom. The summed E-state index contributed by atoms with van der Waals surface area (Å²) in [6.07, 6.45) is 8.35. The molecule has 19 heavy (non-hydrogen) atoms. The highest BCUT2D eigenvalue weighted by atomic mass is 35.5. The van der Waals surface area contributed by atoms with Crippen LogP contribution in [0.1, 0.15) is 52.4 Å². The minimum absolute atomic E-state index is 0.656. The zero-order chi connectivity index (χ0) is 13.7. The number of nitrogens with one attached hydrogen (secondary N) is 1. The summed E-state index contributed by atoms with van der Waals surface area (Å²) >= 11 is 5.87. The van der Waals surface area contributed by atoms with Gasteiger partial charge in [0, 0.05) is 37.3 Å². The third kappa shape index (κ3) is 4.21. The van der Waals surface area contributed by atoms with E-state index in [0.717, 1.165) is 18.5 Å². The molecule has 1 saturated heterocycles. The molecule has 1 aliphatic carbocycles. The van der Waals surface area contributed by atoms with Gasteiger partial charge in [-0.3, -0.25) is 4.90 Å². The lowest BCUT2D eigenvalue weighted by molar-refractivity contribution is 0.0793. The number of piperazine rings is 1. The molecule has 3 heteroatoms. The Labute approximate surface area is 123 Å². The van der Waals surface area contributed by atoms with Crippen LogP contribution in [-0.4, -0.2) is 36.6 Å². The van der Waals surface area contributed by atoms with Crippen molar-refractivity contribution in [2.45, 2.75) is 64.5 Å². The number of halogens is 1. The van der Waals surface area contributed by atoms with Crippen molar-refractivity contribution >= 4 is 11.6 Å². The van der Waals surface area contributed by atoms with Crippen LogP contribution >= 0.6 is 11.6 Å². The van der Waals surface area contributed by atoms with Gasteiger partial charge in [-0.1, -0.05) is 37.8 Å². The van der Waals surface area contributed by atoms with Gasteiger partial charge in [-0.15, -0.1) is 0 Å². The maximum Gasteiger partial charge on any atom is 0.0253 e. The number of rotatable bonds is 4. The lowest BCUT2D eigenvalue weighted by Crippen LogP contribution is -2.59. The van der Waals surface area contributed by atoms with Crippen LogP contribution in [0.5, 0.6) is 0 Å². The molecule has 0 radical (unpaired) electrons. The molecule has 2 unspecified atom stereocenters. The van der Waals surface area contributed by atoms with E-state index in [9.17, 15) is 0 Å². The molecule has 1 aliphatic heterocycles. The summed E-state index contributed by atoms with van der Waals surface area (Å²) in [7, 11) is 0. The van der Waals surface area contributed by atoms with E-state index in [1.807, 2.05) is 0 Å². The monoisotopic (exact) mass is 284 g/mol. The fourth-order valence-corrected chi connectivity index (χ4v) is 3.76. The maximum atomic E-state index is 5.87. The van der Waals surface area contributed by atoms with Gasteiger partial charge in [0.25, 0.3) is 0 Å². The van der Waals surface area contributed by atoms with Crippen molar-refractivity contribution in [1.29, 1.82) is 0 Å². The molecule has 2 aliphatic rings. The average molecular weight is 285 g/mol. The lowest BCUT2D eigenvalue weighted by atomic mass is 9.82. The molecule has 110 valence electrons. The minimum atomic E-state index is 0.656. The Hall–Kier alpha value is -0.0500. The van der Waals surface area contributed by atoms with Gasteiger partial charge in [0.15, 0.2) is 0 Å². The third-order valence-electron chi connectivity index (χ3n) is 4.87. The Morgan fingerprint density at radius 2 is 2.05 bits per heavy atom. The zero-order valence-electron chi connectivity index (χ0n) is 12.5. The van der Waals surface area contributed by atoms with Gasteiger partial charge in [-0.05, 0) is 37.7 Å². The van der Waals surface area contributed by atoms with E-state index in [1.54, 1.807) is 5.54 Å². The Balaban J connectivity index is 2.01. The van der Waals surface area contributed by atoms with Crippen LogP contribution in [0, 0.1) is 5.92 Å². The summed E-state index contributed by atoms with van der Waals surface area (Å²) in [5.74, 6) is 0.891. The van der Waals surface area contributed by atoms with Crippen LogP contribution in [0.3, 0.4) is 0 Å². The summed E-state index contributed by atoms with van der Waals surface area (Å²) in [6.45, 7) is 7.82. The first kappa shape index (κ1) is 15.3. The number of nitrogens with zero attached hydrogens (tertiary/aromatic N) is 1. The molecule has 2 atom stereocenters. The Morgan fingerprint density at radius 3 is 2.68 bits per heavy atom. The lowest BCUT2D eigenvalue weighted by Gasteiger charge is -2.45. The Bertz CT molecular complexity index is 297. The van der Waals surface area contributed by atoms with Gasteiger partial charge in [-0.2, -0.15) is 0 Å². The number of hydrogen-bond donors (Lipinski definition) is 1. The number of hydrogen-bond acceptors (Lipinski definition) is 2. The molecular formula is C16H29ClN2. The van der Waals surface area contributed by atoms with E-state index in [-0.39, 0.29) is 0 Å². The topological polar surface area (TPSA) is 15.3 Å². The van der Waals surface area contributed by atoms with E-state index in [1.165, 1.54) is 57.2 Å². The van der Waals surface area contributed by atoms with Gasteiger partial charge in [-0.25, -0.2) is 0 Å². The summed E-state index contributed by atoms with van der Waals surface area (Å²) < 4.78 is 0. The quantitative estimate of drug-likeness (QED) is 0.846. The van der Waals surface area contributed by atoms with Crippen LogP contribution in [0.25, 0.3) is 0 Å². The van der Waals surface area contributed by atoms with Crippen molar-refractivity contribution in [3.8, 4) is 0 Å². The first-order chi connectivity index (χ1) is 9.24. The molecule has 1 heterocycles. The second-order valence-electron chi connectivity index (χ2n) is 6.36. The second-order valence-corrected chi connectivity index (χ2v) is 6.58. The van der Waals surface area contributed by atoms with Crippen LogP contribution in [0.2, 0.25) is 0 Å². The summed E-state index contributed by atoms with van der Waals surface area (Å²) in [5, 5.41) is 3.74. The van der Waals surface area contributed by atoms with E-state index in [0.29, 0.717) is 6.04 Å². The highest BCUT2D eigenvalue weighted by Crippen LogP contribution is 2.30. The molecule has 0 aromatic heterocycles. The third-order valence-corrected chi connectivity index (χ3v) is 5.24. The van der Waals surface area contributed by atoms with Crippen LogP contribution in [-0.2, 0) is 0 Å². The SMILES string of the molecule is CCC1CN(CC(C)=CCl)C(C2CCCCC2)CN1. The normalized spacial score (nSPS) is 31.6. The highest BCUT2D eigenvalue weighted by molar-refractivity contribution is 6.25. The standard InChI is InChI=1S/C16H29ClN2/c1-3-15-12-19(11-13(2)9-17)16(10-18-15)14-7-5-4-6-8-14/h9,14-16,18H,3-8,10-12H2,1-2H3. The average Bonchev–Trinajstić information content (AvgIpc) is 2.48. The van der Waals surface area contributed by atoms with E-state index in [4.69, 9.17) is 11.6 Å². The molecule has 2 rings (SSSR count). The first-order valence-electron chi connectivity index (χ1n) is 7.98. The van der Waals surface area contributed by atoms with E-state index in [2.05, 4.69) is 24.1 Å². The van der Waals surface area contributed by atoms with Gasteiger partial charge >= 0.3 is 0 Å². The maximum absolute atomic E-state index is 5.87. The van der Waals surface area contributed by atoms with Gasteiger partial charge in [0.1, 0.15) is 0 Å².